The summed E-state index contributed by atoms with van der Waals surface area (Å²) in [5.41, 5.74) is 1.25. The summed E-state index contributed by atoms with van der Waals surface area (Å²) < 4.78 is 43.2. The van der Waals surface area contributed by atoms with Gasteiger partial charge in [-0.25, -0.2) is 17.2 Å². The summed E-state index contributed by atoms with van der Waals surface area (Å²) in [5, 5.41) is 0. The molecule has 0 N–H and O–H groups in total. The number of hydrogen-bond donors (Lipinski definition) is 0. The molecule has 0 amide bonds. The predicted molar refractivity (Wildman–Crippen MR) is 113 cm³/mol. The fourth-order valence-corrected chi connectivity index (χ4v) is 4.03. The van der Waals surface area contributed by atoms with E-state index in [0.717, 1.165) is 9.54 Å². The number of benzene rings is 1. The van der Waals surface area contributed by atoms with E-state index in [4.69, 9.17) is 14.2 Å². The molecule has 164 valence electrons. The number of esters is 1. The van der Waals surface area contributed by atoms with E-state index in [2.05, 4.69) is 4.99 Å². The van der Waals surface area contributed by atoms with Crippen LogP contribution in [0.2, 0.25) is 0 Å². The number of ether oxygens (including phenoxy) is 3. The van der Waals surface area contributed by atoms with Crippen molar-refractivity contribution in [3.63, 3.8) is 0 Å². The average molecular weight is 437 g/mol. The second-order valence-electron chi connectivity index (χ2n) is 6.30. The van der Waals surface area contributed by atoms with Crippen LogP contribution in [0.3, 0.4) is 0 Å². The summed E-state index contributed by atoms with van der Waals surface area (Å²) in [6.45, 7) is 7.92. The Morgan fingerprint density at radius 3 is 2.27 bits per heavy atom. The van der Waals surface area contributed by atoms with Gasteiger partial charge in [0.25, 0.3) is 10.0 Å². The van der Waals surface area contributed by atoms with Gasteiger partial charge < -0.3 is 14.2 Å². The minimum atomic E-state index is -3.82. The summed E-state index contributed by atoms with van der Waals surface area (Å²) in [6, 6.07) is 8.66. The quantitative estimate of drug-likeness (QED) is 0.305. The minimum absolute atomic E-state index is 0.155. The van der Waals surface area contributed by atoms with Crippen molar-refractivity contribution in [1.82, 2.24) is 3.97 Å². The number of hydrogen-bond acceptors (Lipinski definition) is 7. The molecule has 9 heteroatoms. The van der Waals surface area contributed by atoms with Crippen molar-refractivity contribution >= 4 is 22.2 Å². The smallest absolute Gasteiger partial charge is 0.336 e. The van der Waals surface area contributed by atoms with Crippen LogP contribution >= 0.6 is 0 Å². The van der Waals surface area contributed by atoms with Crippen LogP contribution in [0, 0.1) is 6.92 Å². The lowest BCUT2D eigenvalue weighted by Crippen LogP contribution is -2.38. The normalized spacial score (nSPS) is 13.1. The molecule has 2 aromatic rings. The van der Waals surface area contributed by atoms with Gasteiger partial charge in [-0.05, 0) is 52.0 Å². The Balaban J connectivity index is 2.38. The van der Waals surface area contributed by atoms with Crippen LogP contribution in [0.25, 0.3) is 0 Å². The highest BCUT2D eigenvalue weighted by atomic mass is 32.2. The second kappa shape index (κ2) is 11.1. The average Bonchev–Trinajstić information content (AvgIpc) is 3.18. The molecule has 0 aliphatic carbocycles. The first-order valence-corrected chi connectivity index (χ1v) is 11.2. The standard InChI is InChI=1S/C21H28N2O6S/c1-5-27-20(24)19(21(28-6-2)29-7-3)22-15-17-9-8-14-23(17)30(25,26)18-12-10-16(4)11-13-18/h8-15,19,21H,5-7H2,1-4H3. The van der Waals surface area contributed by atoms with E-state index >= 15 is 0 Å². The van der Waals surface area contributed by atoms with Gasteiger partial charge in [-0.3, -0.25) is 4.99 Å². The first-order valence-electron chi connectivity index (χ1n) is 9.77. The third kappa shape index (κ3) is 5.78. The van der Waals surface area contributed by atoms with Gasteiger partial charge in [0.2, 0.25) is 0 Å². The molecule has 8 nitrogen and oxygen atoms in total. The van der Waals surface area contributed by atoms with Crippen LogP contribution in [0.15, 0.2) is 52.5 Å². The van der Waals surface area contributed by atoms with Crippen molar-refractivity contribution in [3.05, 3.63) is 53.9 Å². The van der Waals surface area contributed by atoms with Crippen LogP contribution in [-0.4, -0.2) is 56.7 Å². The Labute approximate surface area is 177 Å². The molecule has 0 aliphatic heterocycles. The van der Waals surface area contributed by atoms with E-state index in [0.29, 0.717) is 13.2 Å². The van der Waals surface area contributed by atoms with Gasteiger partial charge in [-0.2, -0.15) is 0 Å². The Morgan fingerprint density at radius 2 is 1.70 bits per heavy atom. The number of aryl methyl sites for hydroxylation is 1. The van der Waals surface area contributed by atoms with Gasteiger partial charge in [-0.1, -0.05) is 17.7 Å². The lowest BCUT2D eigenvalue weighted by Gasteiger charge is -2.22. The number of carbonyl (C=O) groups excluding carboxylic acids is 1. The highest BCUT2D eigenvalue weighted by Gasteiger charge is 2.30. The molecular weight excluding hydrogens is 408 g/mol. The molecule has 1 unspecified atom stereocenters. The third-order valence-corrected chi connectivity index (χ3v) is 5.85. The van der Waals surface area contributed by atoms with Gasteiger partial charge in [-0.15, -0.1) is 0 Å². The molecule has 0 aliphatic rings. The number of aromatic nitrogens is 1. The SMILES string of the molecule is CCOC(=O)C(N=Cc1cccn1S(=O)(=O)c1ccc(C)cc1)C(OCC)OCC. The number of aliphatic imine (C=N–C) groups is 1. The van der Waals surface area contributed by atoms with E-state index in [1.807, 2.05) is 6.92 Å². The maximum atomic E-state index is 13.0. The van der Waals surface area contributed by atoms with Crippen LogP contribution in [0.5, 0.6) is 0 Å². The fourth-order valence-electron chi connectivity index (χ4n) is 2.71. The lowest BCUT2D eigenvalue weighted by atomic mass is 10.2. The first kappa shape index (κ1) is 23.8. The van der Waals surface area contributed by atoms with E-state index in [-0.39, 0.29) is 17.2 Å². The summed E-state index contributed by atoms with van der Waals surface area (Å²) in [6.07, 6.45) is 1.81. The summed E-state index contributed by atoms with van der Waals surface area (Å²) in [5.74, 6) is -0.611. The summed E-state index contributed by atoms with van der Waals surface area (Å²) in [4.78, 5) is 16.8. The Hall–Kier alpha value is -2.49. The summed E-state index contributed by atoms with van der Waals surface area (Å²) >= 11 is 0. The van der Waals surface area contributed by atoms with E-state index in [1.165, 1.54) is 12.4 Å². The number of carbonyl (C=O) groups is 1. The van der Waals surface area contributed by atoms with Crippen molar-refractivity contribution in [1.29, 1.82) is 0 Å². The molecule has 0 bridgehead atoms. The molecule has 1 aromatic carbocycles. The zero-order chi connectivity index (χ0) is 22.1. The maximum absolute atomic E-state index is 13.0. The zero-order valence-electron chi connectivity index (χ0n) is 17.6. The molecule has 0 radical (unpaired) electrons. The van der Waals surface area contributed by atoms with E-state index < -0.39 is 28.3 Å². The van der Waals surface area contributed by atoms with Crippen molar-refractivity contribution < 1.29 is 27.4 Å². The van der Waals surface area contributed by atoms with E-state index in [9.17, 15) is 13.2 Å². The molecule has 0 spiro atoms. The van der Waals surface area contributed by atoms with Gasteiger partial charge in [0.05, 0.1) is 17.2 Å². The van der Waals surface area contributed by atoms with Gasteiger partial charge >= 0.3 is 5.97 Å². The Kier molecular flexibility index (Phi) is 8.76. The van der Waals surface area contributed by atoms with Crippen molar-refractivity contribution in [2.24, 2.45) is 4.99 Å². The van der Waals surface area contributed by atoms with Crippen LogP contribution in [-0.2, 0) is 29.0 Å². The van der Waals surface area contributed by atoms with Crippen LogP contribution in [0.1, 0.15) is 32.0 Å². The van der Waals surface area contributed by atoms with Crippen molar-refractivity contribution in [2.75, 3.05) is 19.8 Å². The third-order valence-electron chi connectivity index (χ3n) is 4.14. The molecule has 0 fully saturated rings. The highest BCUT2D eigenvalue weighted by Crippen LogP contribution is 2.17. The molecule has 0 saturated carbocycles. The fraction of sp³-hybridized carbons (Fsp3) is 0.429. The maximum Gasteiger partial charge on any atom is 0.336 e. The molecule has 30 heavy (non-hydrogen) atoms. The molecule has 1 heterocycles. The molecule has 1 atom stereocenters. The largest absolute Gasteiger partial charge is 0.464 e. The molecule has 0 saturated heterocycles. The van der Waals surface area contributed by atoms with Gasteiger partial charge in [0, 0.05) is 25.6 Å². The zero-order valence-corrected chi connectivity index (χ0v) is 18.5. The number of rotatable bonds is 11. The lowest BCUT2D eigenvalue weighted by molar-refractivity contribution is -0.174. The van der Waals surface area contributed by atoms with Crippen molar-refractivity contribution in [3.8, 4) is 0 Å². The molecule has 1 aromatic heterocycles. The Bertz CT molecular complexity index is 944. The monoisotopic (exact) mass is 436 g/mol. The topological polar surface area (TPSA) is 96.2 Å². The van der Waals surface area contributed by atoms with Gasteiger partial charge in [0.15, 0.2) is 12.3 Å². The van der Waals surface area contributed by atoms with Crippen molar-refractivity contribution in [2.45, 2.75) is 44.9 Å². The summed E-state index contributed by atoms with van der Waals surface area (Å²) in [7, 11) is -3.82. The first-order chi connectivity index (χ1) is 14.3. The highest BCUT2D eigenvalue weighted by molar-refractivity contribution is 7.90. The predicted octanol–water partition coefficient (Wildman–Crippen LogP) is 2.78. The second-order valence-corrected chi connectivity index (χ2v) is 8.12. The number of nitrogens with zero attached hydrogens (tertiary/aromatic N) is 2. The minimum Gasteiger partial charge on any atom is -0.464 e. The van der Waals surface area contributed by atoms with Crippen LogP contribution in [0.4, 0.5) is 0 Å². The molecule has 2 rings (SSSR count). The van der Waals surface area contributed by atoms with E-state index in [1.54, 1.807) is 57.2 Å². The van der Waals surface area contributed by atoms with Crippen LogP contribution < -0.4 is 0 Å². The Morgan fingerprint density at radius 1 is 1.07 bits per heavy atom. The molecular formula is C21H28N2O6S. The van der Waals surface area contributed by atoms with Gasteiger partial charge in [0.1, 0.15) is 0 Å².